The first-order chi connectivity index (χ1) is 18.3. The summed E-state index contributed by atoms with van der Waals surface area (Å²) in [5, 5.41) is 10.6. The van der Waals surface area contributed by atoms with Crippen molar-refractivity contribution in [1.29, 1.82) is 0 Å². The van der Waals surface area contributed by atoms with Crippen LogP contribution in [0, 0.1) is 0 Å². The molecule has 1 fully saturated rings. The third-order valence-corrected chi connectivity index (χ3v) is 8.20. The van der Waals surface area contributed by atoms with Crippen molar-refractivity contribution in [3.05, 3.63) is 34.5 Å². The van der Waals surface area contributed by atoms with E-state index in [4.69, 9.17) is 21.1 Å². The lowest BCUT2D eigenvalue weighted by molar-refractivity contribution is 0.195. The average Bonchev–Trinajstić information content (AvgIpc) is 3.08. The Labute approximate surface area is 230 Å². The highest BCUT2D eigenvalue weighted by molar-refractivity contribution is 7.88. The fourth-order valence-corrected chi connectivity index (χ4v) is 6.42. The van der Waals surface area contributed by atoms with Crippen molar-refractivity contribution in [3.8, 4) is 5.75 Å². The van der Waals surface area contributed by atoms with Crippen LogP contribution in [0.15, 0.2) is 18.3 Å². The summed E-state index contributed by atoms with van der Waals surface area (Å²) in [6.07, 6.45) is 10.3. The second-order valence-corrected chi connectivity index (χ2v) is 12.3. The van der Waals surface area contributed by atoms with Crippen LogP contribution >= 0.6 is 11.6 Å². The number of nitrogens with one attached hydrogen (secondary N) is 4. The molecule has 0 amide bonds. The quantitative estimate of drug-likeness (QED) is 0.238. The number of aromatic nitrogens is 2. The molecular weight excluding hydrogens is 528 g/mol. The fourth-order valence-electron chi connectivity index (χ4n) is 5.44. The van der Waals surface area contributed by atoms with Crippen molar-refractivity contribution >= 4 is 39.1 Å². The van der Waals surface area contributed by atoms with Gasteiger partial charge in [0.05, 0.1) is 31.9 Å². The van der Waals surface area contributed by atoms with E-state index in [1.165, 1.54) is 17.4 Å². The van der Waals surface area contributed by atoms with E-state index in [-0.39, 0.29) is 12.1 Å². The highest BCUT2D eigenvalue weighted by atomic mass is 35.5. The van der Waals surface area contributed by atoms with Gasteiger partial charge in [-0.05, 0) is 55.7 Å². The Bertz CT molecular complexity index is 1200. The van der Waals surface area contributed by atoms with Crippen LogP contribution in [0.5, 0.6) is 5.75 Å². The lowest BCUT2D eigenvalue weighted by Gasteiger charge is -2.32. The number of nitrogens with zero attached hydrogens (tertiary/aromatic N) is 2. The summed E-state index contributed by atoms with van der Waals surface area (Å²) in [5.74, 6) is 1.65. The van der Waals surface area contributed by atoms with Crippen LogP contribution in [0.3, 0.4) is 0 Å². The van der Waals surface area contributed by atoms with Crippen molar-refractivity contribution < 1.29 is 17.9 Å². The zero-order valence-electron chi connectivity index (χ0n) is 22.3. The summed E-state index contributed by atoms with van der Waals surface area (Å²) in [6.45, 7) is 1.53. The molecule has 2 aromatic rings. The molecule has 0 bridgehead atoms. The van der Waals surface area contributed by atoms with Gasteiger partial charge in [-0.25, -0.2) is 18.1 Å². The molecule has 38 heavy (non-hydrogen) atoms. The predicted molar refractivity (Wildman–Crippen MR) is 151 cm³/mol. The maximum atomic E-state index is 11.9. The number of rotatable bonds is 11. The minimum atomic E-state index is -3.33. The lowest BCUT2D eigenvalue weighted by Crippen LogP contribution is -2.48. The van der Waals surface area contributed by atoms with Crippen LogP contribution < -0.4 is 25.4 Å². The summed E-state index contributed by atoms with van der Waals surface area (Å²) >= 11 is 6.44. The topological polar surface area (TPSA) is 126 Å². The monoisotopic (exact) mass is 566 g/mol. The van der Waals surface area contributed by atoms with Gasteiger partial charge < -0.3 is 25.4 Å². The Morgan fingerprint density at radius 2 is 1.89 bits per heavy atom. The summed E-state index contributed by atoms with van der Waals surface area (Å²) in [5.41, 5.74) is 3.28. The number of hydrogen-bond acceptors (Lipinski definition) is 9. The molecule has 1 heterocycles. The van der Waals surface area contributed by atoms with Crippen LogP contribution in [0.1, 0.15) is 49.7 Å². The molecule has 0 spiro atoms. The van der Waals surface area contributed by atoms with Gasteiger partial charge in [-0.3, -0.25) is 0 Å². The average molecular weight is 567 g/mol. The smallest absolute Gasteiger partial charge is 0.229 e. The van der Waals surface area contributed by atoms with Gasteiger partial charge in [-0.1, -0.05) is 30.5 Å². The van der Waals surface area contributed by atoms with Gasteiger partial charge in [0.1, 0.15) is 10.8 Å². The highest BCUT2D eigenvalue weighted by Gasteiger charge is 2.28. The molecule has 1 aromatic carbocycles. The number of methoxy groups -OCH3 is 2. The Balaban J connectivity index is 1.51. The predicted octanol–water partition coefficient (Wildman–Crippen LogP) is 3.64. The molecule has 1 unspecified atom stereocenters. The number of fused-ring (bicyclic) bond motifs is 1. The van der Waals surface area contributed by atoms with Crippen molar-refractivity contribution in [3.63, 3.8) is 0 Å². The van der Waals surface area contributed by atoms with E-state index in [1.54, 1.807) is 20.4 Å². The normalized spacial score (nSPS) is 21.8. The van der Waals surface area contributed by atoms with Gasteiger partial charge in [-0.2, -0.15) is 4.98 Å². The minimum Gasteiger partial charge on any atom is -0.494 e. The van der Waals surface area contributed by atoms with E-state index < -0.39 is 10.0 Å². The third kappa shape index (κ3) is 7.69. The summed E-state index contributed by atoms with van der Waals surface area (Å²) in [6, 6.07) is 4.22. The number of anilines is 3. The number of halogens is 1. The number of ether oxygens (including phenoxy) is 2. The van der Waals surface area contributed by atoms with Crippen LogP contribution in [0.2, 0.25) is 5.02 Å². The zero-order chi connectivity index (χ0) is 27.1. The maximum Gasteiger partial charge on any atom is 0.229 e. The van der Waals surface area contributed by atoms with E-state index in [0.717, 1.165) is 69.3 Å². The van der Waals surface area contributed by atoms with Crippen molar-refractivity contribution in [2.45, 2.75) is 69.5 Å². The van der Waals surface area contributed by atoms with Crippen molar-refractivity contribution in [1.82, 2.24) is 20.0 Å². The van der Waals surface area contributed by atoms with E-state index in [0.29, 0.717) is 29.4 Å². The van der Waals surface area contributed by atoms with Crippen molar-refractivity contribution in [2.75, 3.05) is 44.3 Å². The first-order valence-corrected chi connectivity index (χ1v) is 15.5. The minimum absolute atomic E-state index is 0.119. The van der Waals surface area contributed by atoms with Gasteiger partial charge >= 0.3 is 0 Å². The highest BCUT2D eigenvalue weighted by Crippen LogP contribution is 2.37. The fraction of sp³-hybridized carbons (Fsp3) is 0.615. The van der Waals surface area contributed by atoms with E-state index in [2.05, 4.69) is 36.7 Å². The molecule has 1 saturated carbocycles. The second kappa shape index (κ2) is 13.3. The van der Waals surface area contributed by atoms with E-state index in [1.807, 2.05) is 6.07 Å². The Hall–Kier alpha value is -2.18. The summed E-state index contributed by atoms with van der Waals surface area (Å²) in [4.78, 5) is 9.02. The number of benzene rings is 1. The van der Waals surface area contributed by atoms with Gasteiger partial charge in [0.15, 0.2) is 5.82 Å². The van der Waals surface area contributed by atoms with Gasteiger partial charge in [0.2, 0.25) is 16.0 Å². The Morgan fingerprint density at radius 1 is 1.11 bits per heavy atom. The molecule has 0 saturated heterocycles. The maximum absolute atomic E-state index is 11.9. The first kappa shape index (κ1) is 28.8. The molecule has 0 radical (unpaired) electrons. The van der Waals surface area contributed by atoms with Gasteiger partial charge in [0.25, 0.3) is 0 Å². The van der Waals surface area contributed by atoms with Gasteiger partial charge in [0, 0.05) is 31.8 Å². The molecule has 0 aliphatic heterocycles. The molecule has 2 aliphatic rings. The summed E-state index contributed by atoms with van der Waals surface area (Å²) in [7, 11) is 0.0793. The largest absolute Gasteiger partial charge is 0.494 e. The zero-order valence-corrected chi connectivity index (χ0v) is 23.9. The number of hydrogen-bond donors (Lipinski definition) is 4. The molecule has 2 aliphatic carbocycles. The Kier molecular flexibility index (Phi) is 10.1. The van der Waals surface area contributed by atoms with Crippen LogP contribution in [0.25, 0.3) is 0 Å². The molecule has 1 aromatic heterocycles. The summed E-state index contributed by atoms with van der Waals surface area (Å²) < 4.78 is 37.5. The third-order valence-electron chi connectivity index (χ3n) is 7.19. The van der Waals surface area contributed by atoms with Crippen molar-refractivity contribution in [2.24, 2.45) is 0 Å². The molecule has 210 valence electrons. The molecular formula is C26H39ClN6O4S. The Morgan fingerprint density at radius 3 is 2.63 bits per heavy atom. The molecule has 10 nitrogen and oxygen atoms in total. The van der Waals surface area contributed by atoms with E-state index >= 15 is 0 Å². The molecule has 3 atom stereocenters. The van der Waals surface area contributed by atoms with Crippen LogP contribution in [-0.2, 0) is 27.6 Å². The SMILES string of the molecule is COCCNC1CCCc2c(ccc(Nc3ncc(Cl)c(N[C@@H]4CCCC[C@H]4NS(C)(=O)=O)n3)c2OC)C1. The molecule has 4 N–H and O–H groups in total. The lowest BCUT2D eigenvalue weighted by atomic mass is 9.91. The van der Waals surface area contributed by atoms with Gasteiger partial charge in [-0.15, -0.1) is 0 Å². The van der Waals surface area contributed by atoms with Crippen LogP contribution in [0.4, 0.5) is 17.5 Å². The second-order valence-electron chi connectivity index (χ2n) is 10.1. The number of sulfonamides is 1. The van der Waals surface area contributed by atoms with E-state index in [9.17, 15) is 8.42 Å². The molecule has 4 rings (SSSR count). The molecule has 12 heteroatoms. The first-order valence-electron chi connectivity index (χ1n) is 13.2. The standard InChI is InChI=1S/C26H39ClN6O4S/c1-36-14-13-28-18-7-6-8-19-17(15-18)11-12-23(24(19)37-2)31-26-29-16-20(27)25(32-26)30-21-9-4-5-10-22(21)33-38(3,34)35/h11-12,16,18,21-22,28,33H,4-10,13-15H2,1-3H3,(H2,29,30,31,32)/t18?,21-,22-/m1/s1. The van der Waals surface area contributed by atoms with Crippen LogP contribution in [-0.4, -0.2) is 70.1 Å².